The number of aliphatic hydroxyl groups is 2. The molecule has 0 aromatic heterocycles. The molecule has 0 aliphatic heterocycles. The number of carbonyl (C=O) groups excluding carboxylic acids is 2. The van der Waals surface area contributed by atoms with Gasteiger partial charge in [-0.25, -0.2) is 0 Å². The highest BCUT2D eigenvalue weighted by Crippen LogP contribution is 2.17. The highest BCUT2D eigenvalue weighted by molar-refractivity contribution is 5.76. The van der Waals surface area contributed by atoms with Crippen molar-refractivity contribution >= 4 is 11.9 Å². The van der Waals surface area contributed by atoms with Gasteiger partial charge < -0.3 is 20.3 Å². The maximum absolute atomic E-state index is 12.5. The summed E-state index contributed by atoms with van der Waals surface area (Å²) in [5.74, 6) is -0.0887. The van der Waals surface area contributed by atoms with E-state index in [1.807, 2.05) is 0 Å². The topological polar surface area (TPSA) is 95.9 Å². The van der Waals surface area contributed by atoms with Gasteiger partial charge in [0.2, 0.25) is 5.91 Å². The van der Waals surface area contributed by atoms with Crippen molar-refractivity contribution in [3.63, 3.8) is 0 Å². The van der Waals surface area contributed by atoms with Crippen LogP contribution in [-0.4, -0.2) is 47.4 Å². The second-order valence-corrected chi connectivity index (χ2v) is 20.7. The molecule has 404 valence electrons. The Balaban J connectivity index is 3.47. The van der Waals surface area contributed by atoms with Crippen LogP contribution in [0, 0.1) is 0 Å². The third-order valence-electron chi connectivity index (χ3n) is 13.9. The SMILES string of the molecule is CCCC/C=C\C/C=C\CCCCCCCC(=O)OCC/C=C\C/C=C\CCCCCCCCCCCCCCCCC(=O)NC(CO)C(O)CCCCCCCCCCCCCCCCCCC. The summed E-state index contributed by atoms with van der Waals surface area (Å²) >= 11 is 0. The molecule has 0 radical (unpaired) electrons. The zero-order chi connectivity index (χ0) is 50.0. The van der Waals surface area contributed by atoms with Crippen LogP contribution < -0.4 is 5.32 Å². The van der Waals surface area contributed by atoms with E-state index in [4.69, 9.17) is 4.74 Å². The quantitative estimate of drug-likeness (QED) is 0.0321. The van der Waals surface area contributed by atoms with Gasteiger partial charge in [-0.15, -0.1) is 0 Å². The summed E-state index contributed by atoms with van der Waals surface area (Å²) in [6.07, 6.45) is 74.1. The lowest BCUT2D eigenvalue weighted by molar-refractivity contribution is -0.143. The maximum Gasteiger partial charge on any atom is 0.305 e. The van der Waals surface area contributed by atoms with E-state index >= 15 is 0 Å². The number of hydrogen-bond acceptors (Lipinski definition) is 5. The molecule has 0 aromatic carbocycles. The summed E-state index contributed by atoms with van der Waals surface area (Å²) in [7, 11) is 0. The van der Waals surface area contributed by atoms with Crippen LogP contribution in [0.4, 0.5) is 0 Å². The van der Waals surface area contributed by atoms with Gasteiger partial charge in [0.25, 0.3) is 0 Å². The van der Waals surface area contributed by atoms with Crippen LogP contribution in [0.3, 0.4) is 0 Å². The number of unbranched alkanes of at least 4 members (excludes halogenated alkanes) is 37. The largest absolute Gasteiger partial charge is 0.465 e. The highest BCUT2D eigenvalue weighted by Gasteiger charge is 2.20. The van der Waals surface area contributed by atoms with Crippen molar-refractivity contribution in [2.45, 2.75) is 328 Å². The molecule has 0 spiro atoms. The van der Waals surface area contributed by atoms with Crippen LogP contribution in [0.25, 0.3) is 0 Å². The summed E-state index contributed by atoms with van der Waals surface area (Å²) in [5.41, 5.74) is 0. The lowest BCUT2D eigenvalue weighted by atomic mass is 10.0. The molecule has 0 saturated carbocycles. The molecule has 69 heavy (non-hydrogen) atoms. The first-order chi connectivity index (χ1) is 34.0. The Morgan fingerprint density at radius 3 is 1.14 bits per heavy atom. The Morgan fingerprint density at radius 2 is 0.739 bits per heavy atom. The van der Waals surface area contributed by atoms with Crippen LogP contribution in [0.15, 0.2) is 48.6 Å². The number of ether oxygens (including phenoxy) is 1. The van der Waals surface area contributed by atoms with E-state index in [0.29, 0.717) is 25.9 Å². The van der Waals surface area contributed by atoms with Gasteiger partial charge in [-0.3, -0.25) is 9.59 Å². The standard InChI is InChI=1S/C63H117NO5/c1-3-5-7-9-11-13-15-17-19-25-28-31-35-39-43-47-51-55-61(66)60(59-65)64-62(67)56-52-48-44-40-36-32-29-26-23-21-20-22-24-27-30-34-38-42-46-50-54-58-69-63(68)57-53-49-45-41-37-33-18-16-14-12-10-8-6-4-2/h10,12,16,18,34,38,46,50,60-61,65-66H,3-9,11,13-15,17,19-33,35-37,39-45,47-49,51-59H2,1-2H3,(H,64,67)/b12-10-,18-16-,38-34-,50-46-. The first-order valence-corrected chi connectivity index (χ1v) is 30.4. The molecule has 6 nitrogen and oxygen atoms in total. The minimum absolute atomic E-state index is 0.0387. The number of allylic oxidation sites excluding steroid dienone is 7. The molecule has 0 saturated heterocycles. The van der Waals surface area contributed by atoms with Gasteiger partial charge in [0, 0.05) is 12.8 Å². The first kappa shape index (κ1) is 66.8. The number of rotatable bonds is 56. The second-order valence-electron chi connectivity index (χ2n) is 20.7. The second kappa shape index (κ2) is 58.4. The summed E-state index contributed by atoms with van der Waals surface area (Å²) in [4.78, 5) is 24.5. The Morgan fingerprint density at radius 1 is 0.406 bits per heavy atom. The van der Waals surface area contributed by atoms with Crippen molar-refractivity contribution < 1.29 is 24.5 Å². The van der Waals surface area contributed by atoms with Gasteiger partial charge in [-0.2, -0.15) is 0 Å². The third kappa shape index (κ3) is 55.0. The monoisotopic (exact) mass is 968 g/mol. The highest BCUT2D eigenvalue weighted by atomic mass is 16.5. The molecule has 0 aromatic rings. The van der Waals surface area contributed by atoms with Gasteiger partial charge >= 0.3 is 5.97 Å². The Bertz CT molecular complexity index is 1160. The maximum atomic E-state index is 12.5. The van der Waals surface area contributed by atoms with Gasteiger partial charge in [0.05, 0.1) is 25.4 Å². The summed E-state index contributed by atoms with van der Waals surface area (Å²) < 4.78 is 5.40. The summed E-state index contributed by atoms with van der Waals surface area (Å²) in [6, 6.07) is -0.547. The molecular formula is C63H117NO5. The van der Waals surface area contributed by atoms with E-state index in [2.05, 4.69) is 67.8 Å². The van der Waals surface area contributed by atoms with Gasteiger partial charge in [0.1, 0.15) is 0 Å². The molecule has 0 rings (SSSR count). The van der Waals surface area contributed by atoms with E-state index in [0.717, 1.165) is 64.2 Å². The van der Waals surface area contributed by atoms with Gasteiger partial charge in [0.15, 0.2) is 0 Å². The van der Waals surface area contributed by atoms with E-state index in [9.17, 15) is 19.8 Å². The van der Waals surface area contributed by atoms with Crippen molar-refractivity contribution in [1.82, 2.24) is 5.32 Å². The fraction of sp³-hybridized carbons (Fsp3) is 0.841. The number of carbonyl (C=O) groups is 2. The summed E-state index contributed by atoms with van der Waals surface area (Å²) in [5, 5.41) is 23.3. The fourth-order valence-electron chi connectivity index (χ4n) is 9.20. The molecule has 0 aliphatic rings. The lowest BCUT2D eigenvalue weighted by Crippen LogP contribution is -2.45. The molecule has 0 fully saturated rings. The lowest BCUT2D eigenvalue weighted by Gasteiger charge is -2.22. The third-order valence-corrected chi connectivity index (χ3v) is 13.9. The van der Waals surface area contributed by atoms with Crippen LogP contribution in [0.5, 0.6) is 0 Å². The van der Waals surface area contributed by atoms with Crippen molar-refractivity contribution in [3.8, 4) is 0 Å². The van der Waals surface area contributed by atoms with Gasteiger partial charge in [-0.05, 0) is 70.6 Å². The molecular weight excluding hydrogens is 851 g/mol. The molecule has 1 amide bonds. The van der Waals surface area contributed by atoms with E-state index in [-0.39, 0.29) is 18.5 Å². The summed E-state index contributed by atoms with van der Waals surface area (Å²) in [6.45, 7) is 4.81. The zero-order valence-corrected chi connectivity index (χ0v) is 46.0. The van der Waals surface area contributed by atoms with Crippen LogP contribution in [-0.2, 0) is 14.3 Å². The van der Waals surface area contributed by atoms with E-state index in [1.165, 1.54) is 218 Å². The Hall–Kier alpha value is -2.18. The number of amides is 1. The molecule has 6 heteroatoms. The minimum Gasteiger partial charge on any atom is -0.465 e. The zero-order valence-electron chi connectivity index (χ0n) is 46.0. The van der Waals surface area contributed by atoms with Crippen LogP contribution in [0.2, 0.25) is 0 Å². The van der Waals surface area contributed by atoms with Crippen molar-refractivity contribution in [1.29, 1.82) is 0 Å². The van der Waals surface area contributed by atoms with E-state index in [1.54, 1.807) is 0 Å². The van der Waals surface area contributed by atoms with Crippen LogP contribution >= 0.6 is 0 Å². The predicted octanol–water partition coefficient (Wildman–Crippen LogP) is 19.0. The van der Waals surface area contributed by atoms with Crippen molar-refractivity contribution in [2.75, 3.05) is 13.2 Å². The van der Waals surface area contributed by atoms with Crippen molar-refractivity contribution in [2.24, 2.45) is 0 Å². The molecule has 2 atom stereocenters. The number of nitrogens with one attached hydrogen (secondary N) is 1. The molecule has 3 N–H and O–H groups in total. The van der Waals surface area contributed by atoms with Crippen LogP contribution in [0.1, 0.15) is 316 Å². The number of hydrogen-bond donors (Lipinski definition) is 3. The molecule has 2 unspecified atom stereocenters. The Labute approximate surface area is 429 Å². The molecule has 0 bridgehead atoms. The molecule has 0 aliphatic carbocycles. The Kier molecular flexibility index (Phi) is 56.5. The normalized spacial score (nSPS) is 12.9. The number of aliphatic hydroxyl groups excluding tert-OH is 2. The predicted molar refractivity (Wildman–Crippen MR) is 301 cm³/mol. The smallest absolute Gasteiger partial charge is 0.305 e. The van der Waals surface area contributed by atoms with E-state index < -0.39 is 12.1 Å². The average Bonchev–Trinajstić information content (AvgIpc) is 3.35. The average molecular weight is 969 g/mol. The van der Waals surface area contributed by atoms with Crippen molar-refractivity contribution in [3.05, 3.63) is 48.6 Å². The first-order valence-electron chi connectivity index (χ1n) is 30.4. The van der Waals surface area contributed by atoms with Gasteiger partial charge in [-0.1, -0.05) is 281 Å². The fourth-order valence-corrected chi connectivity index (χ4v) is 9.20. The minimum atomic E-state index is -0.669. The molecule has 0 heterocycles. The number of esters is 1.